The Kier molecular flexibility index (Phi) is 2.83. The second-order valence-electron chi connectivity index (χ2n) is 5.97. The zero-order valence-electron chi connectivity index (χ0n) is 13.0. The highest BCUT2D eigenvalue weighted by atomic mass is 16.3. The fraction of sp³-hybridized carbons (Fsp3) is 0. The monoisotopic (exact) mass is 309 g/mol. The first-order valence-electron chi connectivity index (χ1n) is 8.04. The predicted molar refractivity (Wildman–Crippen MR) is 101 cm³/mol. The highest BCUT2D eigenvalue weighted by Gasteiger charge is 2.10. The van der Waals surface area contributed by atoms with E-state index in [0.29, 0.717) is 0 Å². The number of fused-ring (bicyclic) bond motifs is 5. The summed E-state index contributed by atoms with van der Waals surface area (Å²) in [6.45, 7) is 0. The first-order valence-corrected chi connectivity index (χ1v) is 8.04. The number of anilines is 2. The molecule has 2 nitrogen and oxygen atoms in total. The Morgan fingerprint density at radius 2 is 1.38 bits per heavy atom. The molecule has 4 aromatic carbocycles. The van der Waals surface area contributed by atoms with Crippen LogP contribution in [0.4, 0.5) is 11.4 Å². The lowest BCUT2D eigenvalue weighted by atomic mass is 10.1. The second-order valence-corrected chi connectivity index (χ2v) is 5.97. The lowest BCUT2D eigenvalue weighted by molar-refractivity contribution is 0.673. The number of hydrogen-bond acceptors (Lipinski definition) is 2. The van der Waals surface area contributed by atoms with Gasteiger partial charge in [-0.25, -0.2) is 0 Å². The largest absolute Gasteiger partial charge is 0.455 e. The fourth-order valence-electron chi connectivity index (χ4n) is 3.27. The molecule has 0 atom stereocenters. The molecule has 2 heteroatoms. The number of para-hydroxylation sites is 1. The van der Waals surface area contributed by atoms with Gasteiger partial charge in [0, 0.05) is 33.6 Å². The van der Waals surface area contributed by atoms with Gasteiger partial charge in [-0.05, 0) is 35.7 Å². The van der Waals surface area contributed by atoms with E-state index in [9.17, 15) is 0 Å². The van der Waals surface area contributed by atoms with Gasteiger partial charge in [-0.3, -0.25) is 0 Å². The molecule has 0 aliphatic carbocycles. The molecule has 0 radical (unpaired) electrons. The molecule has 1 heterocycles. The van der Waals surface area contributed by atoms with Crippen LogP contribution in [0.2, 0.25) is 0 Å². The minimum absolute atomic E-state index is 0.905. The van der Waals surface area contributed by atoms with E-state index in [-0.39, 0.29) is 0 Å². The van der Waals surface area contributed by atoms with Crippen LogP contribution in [-0.4, -0.2) is 0 Å². The van der Waals surface area contributed by atoms with Crippen LogP contribution in [0.25, 0.3) is 32.7 Å². The molecule has 24 heavy (non-hydrogen) atoms. The van der Waals surface area contributed by atoms with Gasteiger partial charge in [0.25, 0.3) is 0 Å². The quantitative estimate of drug-likeness (QED) is 0.403. The smallest absolute Gasteiger partial charge is 0.143 e. The molecule has 0 spiro atoms. The lowest BCUT2D eigenvalue weighted by Crippen LogP contribution is -1.88. The van der Waals surface area contributed by atoms with E-state index in [1.165, 1.54) is 5.39 Å². The van der Waals surface area contributed by atoms with Crippen LogP contribution in [0, 0.1) is 0 Å². The summed E-state index contributed by atoms with van der Waals surface area (Å²) in [4.78, 5) is 0. The molecule has 0 saturated heterocycles. The van der Waals surface area contributed by atoms with Crippen molar-refractivity contribution >= 4 is 44.1 Å². The van der Waals surface area contributed by atoms with E-state index in [1.807, 2.05) is 18.2 Å². The number of nitrogens with one attached hydrogen (secondary N) is 1. The number of benzene rings is 4. The first kappa shape index (κ1) is 13.2. The molecular weight excluding hydrogens is 294 g/mol. The van der Waals surface area contributed by atoms with Gasteiger partial charge < -0.3 is 9.73 Å². The molecule has 0 fully saturated rings. The Morgan fingerprint density at radius 1 is 0.583 bits per heavy atom. The highest BCUT2D eigenvalue weighted by molar-refractivity contribution is 6.15. The van der Waals surface area contributed by atoms with E-state index >= 15 is 0 Å². The third-order valence-corrected chi connectivity index (χ3v) is 4.43. The summed E-state index contributed by atoms with van der Waals surface area (Å²) < 4.78 is 6.20. The first-order chi connectivity index (χ1) is 11.9. The SMILES string of the molecule is c1ccc(Nc2ccc3c(c2)oc2c4ccccc4ccc32)cc1. The van der Waals surface area contributed by atoms with Crippen LogP contribution in [0.5, 0.6) is 0 Å². The number of furan rings is 1. The van der Waals surface area contributed by atoms with E-state index in [4.69, 9.17) is 4.42 Å². The highest BCUT2D eigenvalue weighted by Crippen LogP contribution is 2.35. The average molecular weight is 309 g/mol. The minimum atomic E-state index is 0.905. The standard InChI is InChI=1S/C22H15NO/c1-2-7-16(8-3-1)23-17-11-13-19-20-12-10-15-6-4-5-9-18(15)22(20)24-21(19)14-17/h1-14,23H. The second kappa shape index (κ2) is 5.14. The Bertz CT molecular complexity index is 1170. The molecule has 0 aliphatic rings. The molecule has 5 aromatic rings. The van der Waals surface area contributed by atoms with Crippen molar-refractivity contribution in [1.82, 2.24) is 0 Å². The van der Waals surface area contributed by atoms with Gasteiger partial charge in [0.2, 0.25) is 0 Å². The normalized spacial score (nSPS) is 11.3. The topological polar surface area (TPSA) is 25.2 Å². The van der Waals surface area contributed by atoms with Crippen molar-refractivity contribution in [1.29, 1.82) is 0 Å². The summed E-state index contributed by atoms with van der Waals surface area (Å²) in [7, 11) is 0. The van der Waals surface area contributed by atoms with Crippen molar-refractivity contribution in [2.45, 2.75) is 0 Å². The predicted octanol–water partition coefficient (Wildman–Crippen LogP) is 6.48. The van der Waals surface area contributed by atoms with Crippen LogP contribution in [0.3, 0.4) is 0 Å². The molecule has 1 aromatic heterocycles. The van der Waals surface area contributed by atoms with Gasteiger partial charge in [0.15, 0.2) is 0 Å². The van der Waals surface area contributed by atoms with Gasteiger partial charge in [0.05, 0.1) is 0 Å². The summed E-state index contributed by atoms with van der Waals surface area (Å²) in [6, 6.07) is 29.1. The van der Waals surface area contributed by atoms with E-state index in [0.717, 1.165) is 38.7 Å². The van der Waals surface area contributed by atoms with Gasteiger partial charge in [0.1, 0.15) is 11.2 Å². The summed E-state index contributed by atoms with van der Waals surface area (Å²) in [6.07, 6.45) is 0. The molecule has 114 valence electrons. The Hall–Kier alpha value is -3.26. The van der Waals surface area contributed by atoms with E-state index < -0.39 is 0 Å². The maximum atomic E-state index is 6.20. The van der Waals surface area contributed by atoms with Crippen LogP contribution < -0.4 is 5.32 Å². The molecule has 0 saturated carbocycles. The zero-order chi connectivity index (χ0) is 15.9. The lowest BCUT2D eigenvalue weighted by Gasteiger charge is -2.05. The van der Waals surface area contributed by atoms with Crippen LogP contribution in [-0.2, 0) is 0 Å². The number of rotatable bonds is 2. The van der Waals surface area contributed by atoms with Crippen molar-refractivity contribution in [2.24, 2.45) is 0 Å². The molecule has 0 unspecified atom stereocenters. The maximum Gasteiger partial charge on any atom is 0.143 e. The van der Waals surface area contributed by atoms with Crippen LogP contribution in [0.1, 0.15) is 0 Å². The summed E-state index contributed by atoms with van der Waals surface area (Å²) >= 11 is 0. The molecule has 0 bridgehead atoms. The average Bonchev–Trinajstić information content (AvgIpc) is 3.01. The van der Waals surface area contributed by atoms with Crippen LogP contribution in [0.15, 0.2) is 89.3 Å². The Labute approximate surface area is 139 Å². The Morgan fingerprint density at radius 3 is 2.29 bits per heavy atom. The summed E-state index contributed by atoms with van der Waals surface area (Å²) in [5.41, 5.74) is 3.96. The van der Waals surface area contributed by atoms with Crippen LogP contribution >= 0.6 is 0 Å². The molecular formula is C22H15NO. The third kappa shape index (κ3) is 2.04. The minimum Gasteiger partial charge on any atom is -0.455 e. The van der Waals surface area contributed by atoms with Crippen molar-refractivity contribution in [3.63, 3.8) is 0 Å². The van der Waals surface area contributed by atoms with Gasteiger partial charge in [-0.15, -0.1) is 0 Å². The summed E-state index contributed by atoms with van der Waals surface area (Å²) in [5.74, 6) is 0. The molecule has 1 N–H and O–H groups in total. The molecule has 0 aliphatic heterocycles. The van der Waals surface area contributed by atoms with Gasteiger partial charge in [-0.2, -0.15) is 0 Å². The van der Waals surface area contributed by atoms with Gasteiger partial charge in [-0.1, -0.05) is 48.5 Å². The van der Waals surface area contributed by atoms with E-state index in [1.54, 1.807) is 0 Å². The third-order valence-electron chi connectivity index (χ3n) is 4.43. The molecule has 0 amide bonds. The van der Waals surface area contributed by atoms with Crippen molar-refractivity contribution in [3.8, 4) is 0 Å². The summed E-state index contributed by atoms with van der Waals surface area (Å²) in [5, 5.41) is 8.08. The van der Waals surface area contributed by atoms with Gasteiger partial charge >= 0.3 is 0 Å². The molecule has 5 rings (SSSR count). The van der Waals surface area contributed by atoms with Crippen molar-refractivity contribution < 1.29 is 4.42 Å². The maximum absolute atomic E-state index is 6.20. The van der Waals surface area contributed by atoms with Crippen molar-refractivity contribution in [2.75, 3.05) is 5.32 Å². The fourth-order valence-corrected chi connectivity index (χ4v) is 3.27. The Balaban J connectivity index is 1.69. The number of hydrogen-bond donors (Lipinski definition) is 1. The van der Waals surface area contributed by atoms with Crippen molar-refractivity contribution in [3.05, 3.63) is 84.9 Å². The zero-order valence-corrected chi connectivity index (χ0v) is 13.0. The van der Waals surface area contributed by atoms with E-state index in [2.05, 4.69) is 72.0 Å².